The highest BCUT2D eigenvalue weighted by Gasteiger charge is 2.08. The van der Waals surface area contributed by atoms with E-state index in [0.29, 0.717) is 0 Å². The summed E-state index contributed by atoms with van der Waals surface area (Å²) in [5, 5.41) is 11.4. The molecule has 0 amide bonds. The van der Waals surface area contributed by atoms with Gasteiger partial charge < -0.3 is 10.3 Å². The lowest BCUT2D eigenvalue weighted by Crippen LogP contribution is -2.19. The smallest absolute Gasteiger partial charge is 0.141 e. The molecule has 1 unspecified atom stereocenters. The summed E-state index contributed by atoms with van der Waals surface area (Å²) in [7, 11) is 0. The van der Waals surface area contributed by atoms with Crippen molar-refractivity contribution in [3.8, 4) is 0 Å². The number of nitrogens with one attached hydrogen (secondary N) is 3. The van der Waals surface area contributed by atoms with E-state index in [1.807, 2.05) is 6.20 Å². The van der Waals surface area contributed by atoms with E-state index in [1.165, 1.54) is 22.8 Å². The number of nitrogens with zero attached hydrogens (tertiary/aromatic N) is 2. The fourth-order valence-corrected chi connectivity index (χ4v) is 2.09. The summed E-state index contributed by atoms with van der Waals surface area (Å²) in [6, 6.07) is 8.54. The van der Waals surface area contributed by atoms with Crippen LogP contribution >= 0.6 is 0 Å². The highest BCUT2D eigenvalue weighted by molar-refractivity contribution is 5.82. The first-order chi connectivity index (χ1) is 8.84. The molecule has 0 aliphatic carbocycles. The van der Waals surface area contributed by atoms with E-state index in [-0.39, 0.29) is 6.04 Å². The second-order valence-electron chi connectivity index (χ2n) is 4.33. The Morgan fingerprint density at radius 1 is 1.33 bits per heavy atom. The quantitative estimate of drug-likeness (QED) is 0.655. The number of H-pyrrole nitrogens is 2. The zero-order chi connectivity index (χ0) is 12.4. The maximum Gasteiger partial charge on any atom is 0.141 e. The largest absolute Gasteiger partial charge is 0.361 e. The van der Waals surface area contributed by atoms with Crippen molar-refractivity contribution < 1.29 is 0 Å². The topological polar surface area (TPSA) is 69.4 Å². The molecule has 0 spiro atoms. The van der Waals surface area contributed by atoms with Crippen molar-refractivity contribution in [3.05, 3.63) is 48.2 Å². The lowest BCUT2D eigenvalue weighted by molar-refractivity contribution is 0.549. The second kappa shape index (κ2) is 4.62. The van der Waals surface area contributed by atoms with Gasteiger partial charge in [0.1, 0.15) is 12.2 Å². The van der Waals surface area contributed by atoms with Crippen LogP contribution in [0.1, 0.15) is 24.4 Å². The second-order valence-corrected chi connectivity index (χ2v) is 4.33. The van der Waals surface area contributed by atoms with E-state index in [1.54, 1.807) is 0 Å². The summed E-state index contributed by atoms with van der Waals surface area (Å²) >= 11 is 0. The highest BCUT2D eigenvalue weighted by Crippen LogP contribution is 2.18. The van der Waals surface area contributed by atoms with Crippen LogP contribution in [0.4, 0.5) is 0 Å². The Balaban J connectivity index is 1.75. The van der Waals surface area contributed by atoms with Crippen molar-refractivity contribution in [1.29, 1.82) is 0 Å². The zero-order valence-electron chi connectivity index (χ0n) is 10.1. The molecular weight excluding hydrogens is 226 g/mol. The monoisotopic (exact) mass is 241 g/mol. The molecule has 3 aromatic rings. The third-order valence-electron chi connectivity index (χ3n) is 3.13. The Labute approximate surface area is 105 Å². The normalized spacial score (nSPS) is 12.9. The summed E-state index contributed by atoms with van der Waals surface area (Å²) in [6.45, 7) is 2.87. The van der Waals surface area contributed by atoms with E-state index >= 15 is 0 Å². The van der Waals surface area contributed by atoms with E-state index in [2.05, 4.69) is 56.7 Å². The van der Waals surface area contributed by atoms with Crippen molar-refractivity contribution in [2.45, 2.75) is 19.5 Å². The van der Waals surface area contributed by atoms with E-state index < -0.39 is 0 Å². The van der Waals surface area contributed by atoms with Crippen molar-refractivity contribution in [1.82, 2.24) is 25.5 Å². The first-order valence-corrected chi connectivity index (χ1v) is 5.98. The molecule has 3 N–H and O–H groups in total. The fraction of sp³-hybridized carbons (Fsp3) is 0.231. The Kier molecular flexibility index (Phi) is 2.82. The average Bonchev–Trinajstić information content (AvgIpc) is 3.05. The summed E-state index contributed by atoms with van der Waals surface area (Å²) in [5.41, 5.74) is 2.45. The molecule has 2 aromatic heterocycles. The van der Waals surface area contributed by atoms with Gasteiger partial charge in [-0.25, -0.2) is 4.98 Å². The summed E-state index contributed by atoms with van der Waals surface area (Å²) in [4.78, 5) is 7.36. The molecule has 1 aromatic carbocycles. The van der Waals surface area contributed by atoms with Crippen LogP contribution in [0, 0.1) is 0 Å². The van der Waals surface area contributed by atoms with Crippen molar-refractivity contribution >= 4 is 10.9 Å². The predicted molar refractivity (Wildman–Crippen MR) is 69.9 cm³/mol. The molecule has 2 heterocycles. The van der Waals surface area contributed by atoms with Crippen LogP contribution in [0.5, 0.6) is 0 Å². The van der Waals surface area contributed by atoms with Crippen LogP contribution in [0.25, 0.3) is 10.9 Å². The Bertz CT molecular complexity index is 626. The summed E-state index contributed by atoms with van der Waals surface area (Å²) in [6.07, 6.45) is 3.49. The third kappa shape index (κ3) is 2.00. The van der Waals surface area contributed by atoms with Gasteiger partial charge in [0.15, 0.2) is 0 Å². The summed E-state index contributed by atoms with van der Waals surface area (Å²) in [5.74, 6) is 0.858. The maximum absolute atomic E-state index is 4.15. The van der Waals surface area contributed by atoms with Crippen LogP contribution in [-0.2, 0) is 6.54 Å². The number of aromatic amines is 2. The first kappa shape index (κ1) is 11.0. The van der Waals surface area contributed by atoms with E-state index in [9.17, 15) is 0 Å². The minimum Gasteiger partial charge on any atom is -0.361 e. The Morgan fingerprint density at radius 3 is 3.11 bits per heavy atom. The van der Waals surface area contributed by atoms with Gasteiger partial charge in [0.2, 0.25) is 0 Å². The maximum atomic E-state index is 4.15. The van der Waals surface area contributed by atoms with E-state index in [4.69, 9.17) is 0 Å². The number of hydrogen-bond donors (Lipinski definition) is 3. The van der Waals surface area contributed by atoms with Crippen LogP contribution in [-0.4, -0.2) is 20.2 Å². The first-order valence-electron chi connectivity index (χ1n) is 5.98. The standard InChI is InChI=1S/C13H15N5/c1-9(13-16-8-17-18-13)15-7-10-3-2-4-12-11(10)5-6-14-12/h2-6,8-9,14-15H,7H2,1H3,(H,16,17,18). The minimum atomic E-state index is 0.154. The highest BCUT2D eigenvalue weighted by atomic mass is 15.2. The van der Waals surface area contributed by atoms with Gasteiger partial charge in [-0.1, -0.05) is 12.1 Å². The van der Waals surface area contributed by atoms with E-state index in [0.717, 1.165) is 12.4 Å². The molecule has 92 valence electrons. The molecule has 0 bridgehead atoms. The van der Waals surface area contributed by atoms with Gasteiger partial charge in [0.05, 0.1) is 6.04 Å². The Morgan fingerprint density at radius 2 is 2.28 bits per heavy atom. The molecule has 0 aliphatic heterocycles. The molecule has 0 saturated heterocycles. The molecule has 0 fully saturated rings. The number of fused-ring (bicyclic) bond motifs is 1. The van der Waals surface area contributed by atoms with Gasteiger partial charge in [-0.3, -0.25) is 5.10 Å². The van der Waals surface area contributed by atoms with Crippen molar-refractivity contribution in [3.63, 3.8) is 0 Å². The van der Waals surface area contributed by atoms with Crippen LogP contribution in [0.2, 0.25) is 0 Å². The van der Waals surface area contributed by atoms with Gasteiger partial charge >= 0.3 is 0 Å². The van der Waals surface area contributed by atoms with Gasteiger partial charge in [0, 0.05) is 23.6 Å². The van der Waals surface area contributed by atoms with Gasteiger partial charge in [-0.05, 0) is 24.6 Å². The lowest BCUT2D eigenvalue weighted by atomic mass is 10.1. The van der Waals surface area contributed by atoms with Crippen LogP contribution in [0.3, 0.4) is 0 Å². The van der Waals surface area contributed by atoms with Crippen molar-refractivity contribution in [2.75, 3.05) is 0 Å². The summed E-state index contributed by atoms with van der Waals surface area (Å²) < 4.78 is 0. The molecule has 18 heavy (non-hydrogen) atoms. The minimum absolute atomic E-state index is 0.154. The van der Waals surface area contributed by atoms with Gasteiger partial charge in [-0.2, -0.15) is 5.10 Å². The molecular formula is C13H15N5. The number of benzene rings is 1. The number of aromatic nitrogens is 4. The molecule has 1 atom stereocenters. The predicted octanol–water partition coefficient (Wildman–Crippen LogP) is 2.14. The van der Waals surface area contributed by atoms with Crippen LogP contribution in [0.15, 0.2) is 36.8 Å². The SMILES string of the molecule is CC(NCc1cccc2[nH]ccc12)c1ncn[nH]1. The molecule has 5 nitrogen and oxygen atoms in total. The molecule has 3 rings (SSSR count). The zero-order valence-corrected chi connectivity index (χ0v) is 10.1. The van der Waals surface area contributed by atoms with Gasteiger partial charge in [-0.15, -0.1) is 0 Å². The molecule has 5 heteroatoms. The van der Waals surface area contributed by atoms with Crippen LogP contribution < -0.4 is 5.32 Å². The average molecular weight is 241 g/mol. The Hall–Kier alpha value is -2.14. The third-order valence-corrected chi connectivity index (χ3v) is 3.13. The molecule has 0 aliphatic rings. The van der Waals surface area contributed by atoms with Gasteiger partial charge in [0.25, 0.3) is 0 Å². The molecule has 0 radical (unpaired) electrons. The fourth-order valence-electron chi connectivity index (χ4n) is 2.09. The van der Waals surface area contributed by atoms with Crippen molar-refractivity contribution in [2.24, 2.45) is 0 Å². The molecule has 0 saturated carbocycles. The lowest BCUT2D eigenvalue weighted by Gasteiger charge is -2.11. The number of hydrogen-bond acceptors (Lipinski definition) is 3. The number of rotatable bonds is 4.